The van der Waals surface area contributed by atoms with Gasteiger partial charge in [-0.1, -0.05) is 43.3 Å². The Morgan fingerprint density at radius 1 is 1.33 bits per heavy atom. The first-order valence-corrected chi connectivity index (χ1v) is 8.17. The minimum absolute atomic E-state index is 0.211. The lowest BCUT2D eigenvalue weighted by molar-refractivity contribution is 0.0564. The highest BCUT2D eigenvalue weighted by atomic mass is 15.2. The summed E-state index contributed by atoms with van der Waals surface area (Å²) in [6.45, 7) is 10.9. The first-order chi connectivity index (χ1) is 10.1. The molecule has 116 valence electrons. The highest BCUT2D eigenvalue weighted by Gasteiger charge is 2.41. The van der Waals surface area contributed by atoms with E-state index in [0.29, 0.717) is 12.0 Å². The van der Waals surface area contributed by atoms with E-state index in [4.69, 9.17) is 0 Å². The fraction of sp³-hybridized carbons (Fsp3) is 0.579. The summed E-state index contributed by atoms with van der Waals surface area (Å²) in [6.07, 6.45) is 5.44. The molecule has 1 heterocycles. The van der Waals surface area contributed by atoms with Gasteiger partial charge in [-0.25, -0.2) is 0 Å². The molecule has 1 fully saturated rings. The predicted molar refractivity (Wildman–Crippen MR) is 91.6 cm³/mol. The molecule has 1 aromatic carbocycles. The Bertz CT molecular complexity index is 442. The molecular formula is C19H30N2. The number of hydrogen-bond acceptors (Lipinski definition) is 2. The van der Waals surface area contributed by atoms with Crippen molar-refractivity contribution in [2.75, 3.05) is 20.1 Å². The molecule has 0 unspecified atom stereocenters. The Morgan fingerprint density at radius 2 is 2.05 bits per heavy atom. The second-order valence-electron chi connectivity index (χ2n) is 6.71. The van der Waals surface area contributed by atoms with Crippen LogP contribution in [0, 0.1) is 5.92 Å². The lowest BCUT2D eigenvalue weighted by Crippen LogP contribution is -2.60. The van der Waals surface area contributed by atoms with Crippen molar-refractivity contribution in [3.8, 4) is 0 Å². The summed E-state index contributed by atoms with van der Waals surface area (Å²) in [4.78, 5) is 2.48. The predicted octanol–water partition coefficient (Wildman–Crippen LogP) is 3.49. The average molecular weight is 286 g/mol. The number of nitrogens with one attached hydrogen (secondary N) is 1. The second kappa shape index (κ2) is 7.24. The van der Waals surface area contributed by atoms with Crippen molar-refractivity contribution < 1.29 is 0 Å². The molecule has 1 aromatic rings. The SMILES string of the molecule is C=CC[C@@]1(NCCc2ccccc2)C[C@@H](C)N(C)C[C@@H]1C. The maximum atomic E-state index is 3.99. The summed E-state index contributed by atoms with van der Waals surface area (Å²) < 4.78 is 0. The molecule has 21 heavy (non-hydrogen) atoms. The Hall–Kier alpha value is -1.12. The molecule has 1 aliphatic rings. The van der Waals surface area contributed by atoms with Crippen LogP contribution < -0.4 is 5.32 Å². The lowest BCUT2D eigenvalue weighted by atomic mass is 9.74. The molecule has 3 atom stereocenters. The van der Waals surface area contributed by atoms with Gasteiger partial charge in [0, 0.05) is 18.1 Å². The molecule has 2 nitrogen and oxygen atoms in total. The van der Waals surface area contributed by atoms with Crippen LogP contribution in [0.25, 0.3) is 0 Å². The van der Waals surface area contributed by atoms with Crippen LogP contribution in [0.4, 0.5) is 0 Å². The molecule has 2 heteroatoms. The van der Waals surface area contributed by atoms with Gasteiger partial charge in [0.25, 0.3) is 0 Å². The molecule has 0 saturated carbocycles. The zero-order valence-electron chi connectivity index (χ0n) is 13.8. The number of piperidine rings is 1. The van der Waals surface area contributed by atoms with Crippen molar-refractivity contribution in [1.82, 2.24) is 10.2 Å². The summed E-state index contributed by atoms with van der Waals surface area (Å²) in [6, 6.07) is 11.4. The van der Waals surface area contributed by atoms with Crippen LogP contribution in [0.5, 0.6) is 0 Å². The topological polar surface area (TPSA) is 15.3 Å². The van der Waals surface area contributed by atoms with E-state index >= 15 is 0 Å². The van der Waals surface area contributed by atoms with Crippen LogP contribution >= 0.6 is 0 Å². The first kappa shape index (κ1) is 16.3. The molecule has 0 spiro atoms. The summed E-state index contributed by atoms with van der Waals surface area (Å²) in [5.41, 5.74) is 1.62. The standard InChI is InChI=1S/C19H30N2/c1-5-12-19(14-17(3)21(4)15-16(19)2)20-13-11-18-9-7-6-8-10-18/h5-10,16-17,20H,1,11-15H2,2-4H3/t16-,17+,19+/m0/s1. The van der Waals surface area contributed by atoms with Crippen molar-refractivity contribution in [2.45, 2.75) is 44.7 Å². The zero-order chi connectivity index (χ0) is 15.3. The van der Waals surface area contributed by atoms with Gasteiger partial charge in [0.1, 0.15) is 0 Å². The molecule has 0 aliphatic carbocycles. The molecule has 1 saturated heterocycles. The van der Waals surface area contributed by atoms with E-state index < -0.39 is 0 Å². The van der Waals surface area contributed by atoms with E-state index in [1.165, 1.54) is 12.0 Å². The lowest BCUT2D eigenvalue weighted by Gasteiger charge is -2.49. The molecule has 0 radical (unpaired) electrons. The van der Waals surface area contributed by atoms with Crippen LogP contribution in [0.3, 0.4) is 0 Å². The fourth-order valence-electron chi connectivity index (χ4n) is 3.63. The molecule has 1 aliphatic heterocycles. The molecular weight excluding hydrogens is 256 g/mol. The van der Waals surface area contributed by atoms with E-state index in [-0.39, 0.29) is 5.54 Å². The Balaban J connectivity index is 1.99. The first-order valence-electron chi connectivity index (χ1n) is 8.17. The number of rotatable bonds is 6. The van der Waals surface area contributed by atoms with Crippen LogP contribution in [-0.2, 0) is 6.42 Å². The van der Waals surface area contributed by atoms with E-state index in [1.54, 1.807) is 0 Å². The van der Waals surface area contributed by atoms with Gasteiger partial charge >= 0.3 is 0 Å². The third-order valence-electron chi connectivity index (χ3n) is 5.16. The van der Waals surface area contributed by atoms with Gasteiger partial charge in [0.2, 0.25) is 0 Å². The minimum atomic E-state index is 0.211. The van der Waals surface area contributed by atoms with Gasteiger partial charge in [-0.2, -0.15) is 0 Å². The largest absolute Gasteiger partial charge is 0.310 e. The molecule has 0 bridgehead atoms. The number of benzene rings is 1. The Morgan fingerprint density at radius 3 is 2.71 bits per heavy atom. The number of likely N-dealkylation sites (tertiary alicyclic amines) is 1. The minimum Gasteiger partial charge on any atom is -0.310 e. The van der Waals surface area contributed by atoms with Gasteiger partial charge < -0.3 is 10.2 Å². The molecule has 2 rings (SSSR count). The van der Waals surface area contributed by atoms with E-state index in [1.807, 2.05) is 0 Å². The van der Waals surface area contributed by atoms with Gasteiger partial charge in [-0.05, 0) is 51.3 Å². The van der Waals surface area contributed by atoms with Crippen LogP contribution in [0.15, 0.2) is 43.0 Å². The van der Waals surface area contributed by atoms with Crippen LogP contribution in [-0.4, -0.2) is 36.6 Å². The number of hydrogen-bond donors (Lipinski definition) is 1. The zero-order valence-corrected chi connectivity index (χ0v) is 13.8. The highest BCUT2D eigenvalue weighted by molar-refractivity contribution is 5.15. The normalized spacial score (nSPS) is 30.2. The Labute approximate surface area is 130 Å². The summed E-state index contributed by atoms with van der Waals surface area (Å²) in [7, 11) is 2.24. The third-order valence-corrected chi connectivity index (χ3v) is 5.16. The van der Waals surface area contributed by atoms with Crippen molar-refractivity contribution >= 4 is 0 Å². The van der Waals surface area contributed by atoms with E-state index in [0.717, 1.165) is 25.9 Å². The quantitative estimate of drug-likeness (QED) is 0.805. The Kier molecular flexibility index (Phi) is 5.60. The van der Waals surface area contributed by atoms with Gasteiger partial charge in [-0.15, -0.1) is 6.58 Å². The van der Waals surface area contributed by atoms with Crippen molar-refractivity contribution in [1.29, 1.82) is 0 Å². The number of nitrogens with zero attached hydrogens (tertiary/aromatic N) is 1. The monoisotopic (exact) mass is 286 g/mol. The average Bonchev–Trinajstić information content (AvgIpc) is 2.47. The van der Waals surface area contributed by atoms with Crippen LogP contribution in [0.1, 0.15) is 32.3 Å². The molecule has 0 amide bonds. The fourth-order valence-corrected chi connectivity index (χ4v) is 3.63. The van der Waals surface area contributed by atoms with Gasteiger partial charge in [0.15, 0.2) is 0 Å². The summed E-state index contributed by atoms with van der Waals surface area (Å²) >= 11 is 0. The maximum absolute atomic E-state index is 3.99. The third kappa shape index (κ3) is 3.96. The van der Waals surface area contributed by atoms with Gasteiger partial charge in [-0.3, -0.25) is 0 Å². The van der Waals surface area contributed by atoms with Gasteiger partial charge in [0.05, 0.1) is 0 Å². The smallest absolute Gasteiger partial charge is 0.0268 e. The van der Waals surface area contributed by atoms with Crippen molar-refractivity contribution in [3.05, 3.63) is 48.6 Å². The highest BCUT2D eigenvalue weighted by Crippen LogP contribution is 2.34. The van der Waals surface area contributed by atoms with Crippen molar-refractivity contribution in [2.24, 2.45) is 5.92 Å². The maximum Gasteiger partial charge on any atom is 0.0268 e. The molecule has 1 N–H and O–H groups in total. The second-order valence-corrected chi connectivity index (χ2v) is 6.71. The summed E-state index contributed by atoms with van der Waals surface area (Å²) in [5.74, 6) is 0.646. The van der Waals surface area contributed by atoms with Crippen LogP contribution in [0.2, 0.25) is 0 Å². The van der Waals surface area contributed by atoms with Crippen molar-refractivity contribution in [3.63, 3.8) is 0 Å². The van der Waals surface area contributed by atoms with E-state index in [9.17, 15) is 0 Å². The molecule has 0 aromatic heterocycles. The summed E-state index contributed by atoms with van der Waals surface area (Å²) in [5, 5.41) is 3.89. The van der Waals surface area contributed by atoms with E-state index in [2.05, 4.69) is 74.1 Å².